The van der Waals surface area contributed by atoms with Crippen molar-refractivity contribution in [1.82, 2.24) is 14.6 Å². The van der Waals surface area contributed by atoms with Gasteiger partial charge in [-0.25, -0.2) is 9.78 Å². The number of rotatable bonds is 4. The van der Waals surface area contributed by atoms with E-state index in [0.717, 1.165) is 6.42 Å². The summed E-state index contributed by atoms with van der Waals surface area (Å²) in [4.78, 5) is 23.4. The highest BCUT2D eigenvalue weighted by Gasteiger charge is 2.21. The van der Waals surface area contributed by atoms with Gasteiger partial charge >= 0.3 is 5.97 Å². The van der Waals surface area contributed by atoms with Crippen LogP contribution in [0.25, 0.3) is 0 Å². The van der Waals surface area contributed by atoms with Crippen LogP contribution in [0.5, 0.6) is 0 Å². The van der Waals surface area contributed by atoms with E-state index in [4.69, 9.17) is 10.00 Å². The molecule has 1 aromatic rings. The van der Waals surface area contributed by atoms with E-state index in [0.29, 0.717) is 12.5 Å². The molecule has 2 heterocycles. The maximum Gasteiger partial charge on any atom is 0.356 e. The van der Waals surface area contributed by atoms with Crippen LogP contribution in [0, 0.1) is 0 Å². The molecule has 0 amide bonds. The van der Waals surface area contributed by atoms with Crippen molar-refractivity contribution in [2.24, 2.45) is 0 Å². The van der Waals surface area contributed by atoms with Crippen LogP contribution in [-0.2, 0) is 4.57 Å². The Morgan fingerprint density at radius 1 is 1.72 bits per heavy atom. The second-order valence-electron chi connectivity index (χ2n) is 3.75. The fraction of sp³-hybridized carbons (Fsp3) is 0.333. The molecular formula is C9H13N4O4P. The normalized spacial score (nSPS) is 20.2. The Hall–Kier alpha value is -1.79. The first kappa shape index (κ1) is 12.7. The minimum atomic E-state index is -2.74. The van der Waals surface area contributed by atoms with Gasteiger partial charge in [0.1, 0.15) is 0 Å². The average Bonchev–Trinajstić information content (AvgIpc) is 2.73. The number of hydrogen-bond acceptors (Lipinski definition) is 4. The SMILES string of the molecule is O=C(O)c1cn2c(n1)NCCC2/C=C/N[PH](=O)O. The number of anilines is 1. The number of imidazole rings is 1. The molecule has 1 aliphatic heterocycles. The summed E-state index contributed by atoms with van der Waals surface area (Å²) in [6.45, 7) is 0.666. The first-order valence-corrected chi connectivity index (χ1v) is 6.65. The molecular weight excluding hydrogens is 259 g/mol. The molecule has 0 spiro atoms. The molecule has 8 nitrogen and oxygen atoms in total. The van der Waals surface area contributed by atoms with E-state index >= 15 is 0 Å². The van der Waals surface area contributed by atoms with Crippen LogP contribution in [0.3, 0.4) is 0 Å². The average molecular weight is 272 g/mol. The lowest BCUT2D eigenvalue weighted by molar-refractivity contribution is 0.0691. The maximum absolute atomic E-state index is 10.8. The molecule has 0 aromatic carbocycles. The van der Waals surface area contributed by atoms with Crippen LogP contribution < -0.4 is 10.4 Å². The molecule has 0 aliphatic carbocycles. The zero-order chi connectivity index (χ0) is 13.1. The van der Waals surface area contributed by atoms with E-state index in [1.807, 2.05) is 0 Å². The van der Waals surface area contributed by atoms with E-state index in [9.17, 15) is 9.36 Å². The highest BCUT2D eigenvalue weighted by atomic mass is 31.1. The molecule has 98 valence electrons. The van der Waals surface area contributed by atoms with Crippen molar-refractivity contribution in [3.8, 4) is 0 Å². The Balaban J connectivity index is 2.19. The predicted molar refractivity (Wildman–Crippen MR) is 64.8 cm³/mol. The van der Waals surface area contributed by atoms with Gasteiger partial charge in [0.05, 0.1) is 6.04 Å². The second-order valence-corrected chi connectivity index (χ2v) is 4.65. The van der Waals surface area contributed by atoms with Crippen molar-refractivity contribution < 1.29 is 19.4 Å². The van der Waals surface area contributed by atoms with Gasteiger partial charge in [0.2, 0.25) is 5.95 Å². The zero-order valence-electron chi connectivity index (χ0n) is 9.33. The largest absolute Gasteiger partial charge is 0.476 e. The third-order valence-electron chi connectivity index (χ3n) is 2.56. The second kappa shape index (κ2) is 5.24. The van der Waals surface area contributed by atoms with Gasteiger partial charge in [-0.3, -0.25) is 4.57 Å². The number of allylic oxidation sites excluding steroid dienone is 1. The van der Waals surface area contributed by atoms with E-state index < -0.39 is 14.1 Å². The highest BCUT2D eigenvalue weighted by molar-refractivity contribution is 7.35. The van der Waals surface area contributed by atoms with Gasteiger partial charge in [0, 0.05) is 18.9 Å². The number of hydrogen-bond donors (Lipinski definition) is 4. The van der Waals surface area contributed by atoms with Crippen LogP contribution >= 0.6 is 8.18 Å². The number of nitrogens with one attached hydrogen (secondary N) is 2. The quantitative estimate of drug-likeness (QED) is 0.587. The summed E-state index contributed by atoms with van der Waals surface area (Å²) in [6, 6.07) is -0.0873. The molecule has 2 atom stereocenters. The minimum absolute atomic E-state index is 0.0264. The molecule has 9 heteroatoms. The first-order chi connectivity index (χ1) is 8.58. The van der Waals surface area contributed by atoms with E-state index in [1.165, 1.54) is 12.4 Å². The molecule has 1 aromatic heterocycles. The molecule has 4 N–H and O–H groups in total. The Morgan fingerprint density at radius 2 is 2.50 bits per heavy atom. The Labute approximate surface area is 103 Å². The number of fused-ring (bicyclic) bond motifs is 1. The van der Waals surface area contributed by atoms with Crippen molar-refractivity contribution in [3.63, 3.8) is 0 Å². The third-order valence-corrected chi connectivity index (χ3v) is 2.97. The van der Waals surface area contributed by atoms with Crippen LogP contribution in [-0.4, -0.2) is 32.1 Å². The van der Waals surface area contributed by atoms with Crippen molar-refractivity contribution in [2.75, 3.05) is 11.9 Å². The summed E-state index contributed by atoms with van der Waals surface area (Å²) < 4.78 is 12.2. The summed E-state index contributed by atoms with van der Waals surface area (Å²) >= 11 is 0. The molecule has 18 heavy (non-hydrogen) atoms. The molecule has 0 bridgehead atoms. The number of carboxylic acids is 1. The summed E-state index contributed by atoms with van der Waals surface area (Å²) in [6.07, 6.45) is 5.30. The molecule has 0 fully saturated rings. The predicted octanol–water partition coefficient (Wildman–Crippen LogP) is 0.423. The maximum atomic E-state index is 10.8. The molecule has 2 unspecified atom stereocenters. The van der Waals surface area contributed by atoms with Gasteiger partial charge in [0.15, 0.2) is 5.69 Å². The lowest BCUT2D eigenvalue weighted by Crippen LogP contribution is -2.21. The van der Waals surface area contributed by atoms with Gasteiger partial charge in [-0.15, -0.1) is 0 Å². The van der Waals surface area contributed by atoms with Crippen LogP contribution in [0.4, 0.5) is 5.95 Å². The van der Waals surface area contributed by atoms with Gasteiger partial charge < -0.3 is 25.0 Å². The molecule has 0 radical (unpaired) electrons. The summed E-state index contributed by atoms with van der Waals surface area (Å²) in [5, 5.41) is 14.2. The number of aromatic nitrogens is 2. The van der Waals surface area contributed by atoms with Gasteiger partial charge in [-0.1, -0.05) is 0 Å². The molecule has 2 rings (SSSR count). The lowest BCUT2D eigenvalue weighted by Gasteiger charge is -2.23. The fourth-order valence-electron chi connectivity index (χ4n) is 1.77. The Morgan fingerprint density at radius 3 is 3.17 bits per heavy atom. The van der Waals surface area contributed by atoms with Crippen molar-refractivity contribution in [3.05, 3.63) is 24.2 Å². The van der Waals surface area contributed by atoms with Crippen molar-refractivity contribution in [2.45, 2.75) is 12.5 Å². The molecule has 0 saturated heterocycles. The third kappa shape index (κ3) is 2.72. The van der Waals surface area contributed by atoms with E-state index in [1.54, 1.807) is 10.6 Å². The standard InChI is InChI=1S/C9H13N4O4P/c14-8(15)7-5-13-6(2-4-11-18(16)17)1-3-10-9(13)12-7/h2,4-6,18H,1,3H2,(H,10,12)(H,14,15)(H2,11,16,17)/b4-2+. The van der Waals surface area contributed by atoms with Crippen LogP contribution in [0.2, 0.25) is 0 Å². The van der Waals surface area contributed by atoms with E-state index in [2.05, 4.69) is 15.4 Å². The lowest BCUT2D eigenvalue weighted by atomic mass is 10.2. The summed E-state index contributed by atoms with van der Waals surface area (Å²) in [5.41, 5.74) is -0.0264. The molecule has 0 saturated carbocycles. The van der Waals surface area contributed by atoms with Crippen LogP contribution in [0.15, 0.2) is 18.5 Å². The van der Waals surface area contributed by atoms with Gasteiger partial charge in [-0.05, 0) is 12.5 Å². The Bertz CT molecular complexity index is 513. The summed E-state index contributed by atoms with van der Waals surface area (Å²) in [5.74, 6) is -0.593. The Kier molecular flexibility index (Phi) is 3.69. The minimum Gasteiger partial charge on any atom is -0.476 e. The smallest absolute Gasteiger partial charge is 0.356 e. The first-order valence-electron chi connectivity index (χ1n) is 5.30. The number of carboxylic acid groups (broad SMARTS) is 1. The topological polar surface area (TPSA) is 116 Å². The van der Waals surface area contributed by atoms with Crippen molar-refractivity contribution >= 4 is 20.1 Å². The zero-order valence-corrected chi connectivity index (χ0v) is 10.3. The number of nitrogens with zero attached hydrogens (tertiary/aromatic N) is 2. The molecule has 1 aliphatic rings. The number of aromatic carboxylic acids is 1. The summed E-state index contributed by atoms with van der Waals surface area (Å²) in [7, 11) is -2.74. The van der Waals surface area contributed by atoms with Gasteiger partial charge in [0.25, 0.3) is 8.18 Å². The highest BCUT2D eigenvalue weighted by Crippen LogP contribution is 2.25. The van der Waals surface area contributed by atoms with E-state index in [-0.39, 0.29) is 11.7 Å². The monoisotopic (exact) mass is 272 g/mol. The van der Waals surface area contributed by atoms with Crippen LogP contribution in [0.1, 0.15) is 23.0 Å². The van der Waals surface area contributed by atoms with Crippen molar-refractivity contribution in [1.29, 1.82) is 0 Å². The number of carbonyl (C=O) groups is 1. The fourth-order valence-corrected chi connectivity index (χ4v) is 2.01. The van der Waals surface area contributed by atoms with Gasteiger partial charge in [-0.2, -0.15) is 0 Å².